The van der Waals surface area contributed by atoms with Crippen LogP contribution in [0.5, 0.6) is 11.5 Å². The largest absolute Gasteiger partial charge is 0.486 e. The summed E-state index contributed by atoms with van der Waals surface area (Å²) < 4.78 is 38.5. The van der Waals surface area contributed by atoms with Crippen LogP contribution >= 0.6 is 11.3 Å². The van der Waals surface area contributed by atoms with Crippen molar-refractivity contribution in [1.29, 1.82) is 0 Å². The minimum Gasteiger partial charge on any atom is -0.486 e. The number of carbonyl (C=O) groups is 1. The van der Waals surface area contributed by atoms with E-state index in [1.165, 1.54) is 21.7 Å². The van der Waals surface area contributed by atoms with Crippen molar-refractivity contribution in [2.24, 2.45) is 0 Å². The third-order valence-corrected chi connectivity index (χ3v) is 8.13. The molecule has 1 N–H and O–H groups in total. The zero-order valence-electron chi connectivity index (χ0n) is 20.3. The molecule has 1 aliphatic rings. The number of anilines is 1. The standard InChI is InChI=1S/C26H29N3O5S2/c1-3-13-29(14-4-2)36(31,32)21-9-5-19(6-10-21)7-12-25(30)28-26-27-22(18-35-26)20-8-11-23-24(17-20)34-16-15-33-23/h5-12,17-18H,3-4,13-16H2,1-2H3,(H,27,28,30)/b12-7+. The Labute approximate surface area is 215 Å². The van der Waals surface area contributed by atoms with Gasteiger partial charge in [0.15, 0.2) is 16.6 Å². The van der Waals surface area contributed by atoms with Gasteiger partial charge >= 0.3 is 0 Å². The number of carbonyl (C=O) groups excluding carboxylic acids is 1. The van der Waals surface area contributed by atoms with E-state index in [-0.39, 0.29) is 10.8 Å². The van der Waals surface area contributed by atoms with Crippen molar-refractivity contribution in [3.63, 3.8) is 0 Å². The lowest BCUT2D eigenvalue weighted by Crippen LogP contribution is -2.32. The van der Waals surface area contributed by atoms with Crippen molar-refractivity contribution < 1.29 is 22.7 Å². The summed E-state index contributed by atoms with van der Waals surface area (Å²) in [7, 11) is -3.53. The molecular weight excluding hydrogens is 498 g/mol. The highest BCUT2D eigenvalue weighted by Gasteiger charge is 2.22. The van der Waals surface area contributed by atoms with Gasteiger partial charge in [0, 0.05) is 30.1 Å². The third-order valence-electron chi connectivity index (χ3n) is 5.46. The molecule has 36 heavy (non-hydrogen) atoms. The molecule has 4 rings (SSSR count). The van der Waals surface area contributed by atoms with Gasteiger partial charge < -0.3 is 9.47 Å². The number of ether oxygens (including phenoxy) is 2. The maximum Gasteiger partial charge on any atom is 0.250 e. The van der Waals surface area contributed by atoms with E-state index >= 15 is 0 Å². The maximum absolute atomic E-state index is 12.9. The van der Waals surface area contributed by atoms with Crippen LogP contribution in [0.1, 0.15) is 32.3 Å². The Hall–Kier alpha value is -3.21. The van der Waals surface area contributed by atoms with Crippen LogP contribution in [0.25, 0.3) is 17.3 Å². The number of amides is 1. The minimum atomic E-state index is -3.53. The third kappa shape index (κ3) is 6.13. The number of benzene rings is 2. The molecule has 0 saturated heterocycles. The van der Waals surface area contributed by atoms with Gasteiger partial charge in [-0.1, -0.05) is 26.0 Å². The lowest BCUT2D eigenvalue weighted by Gasteiger charge is -2.21. The van der Waals surface area contributed by atoms with E-state index in [1.807, 2.05) is 37.4 Å². The van der Waals surface area contributed by atoms with Crippen molar-refractivity contribution in [3.8, 4) is 22.8 Å². The first-order valence-electron chi connectivity index (χ1n) is 11.9. The Morgan fingerprint density at radius 1 is 1.06 bits per heavy atom. The van der Waals surface area contributed by atoms with E-state index in [1.54, 1.807) is 30.3 Å². The predicted octanol–water partition coefficient (Wildman–Crippen LogP) is 5.04. The van der Waals surface area contributed by atoms with E-state index in [2.05, 4.69) is 10.3 Å². The Morgan fingerprint density at radius 3 is 2.44 bits per heavy atom. The number of fused-ring (bicyclic) bond motifs is 1. The van der Waals surface area contributed by atoms with Crippen LogP contribution in [-0.4, -0.2) is 49.9 Å². The number of thiazole rings is 1. The smallest absolute Gasteiger partial charge is 0.250 e. The molecule has 0 bridgehead atoms. The lowest BCUT2D eigenvalue weighted by atomic mass is 10.1. The fraction of sp³-hybridized carbons (Fsp3) is 0.308. The van der Waals surface area contributed by atoms with Crippen LogP contribution in [0.2, 0.25) is 0 Å². The summed E-state index contributed by atoms with van der Waals surface area (Å²) >= 11 is 1.33. The topological polar surface area (TPSA) is 97.8 Å². The normalized spacial score (nSPS) is 13.3. The molecule has 8 nitrogen and oxygen atoms in total. The van der Waals surface area contributed by atoms with Crippen LogP contribution in [0.15, 0.2) is 58.8 Å². The van der Waals surface area contributed by atoms with Crippen LogP contribution in [0, 0.1) is 0 Å². The molecule has 1 aromatic heterocycles. The second-order valence-corrected chi connectivity index (χ2v) is 11.0. The molecule has 2 heterocycles. The monoisotopic (exact) mass is 527 g/mol. The molecule has 0 saturated carbocycles. The second-order valence-electron chi connectivity index (χ2n) is 8.19. The number of nitrogens with zero attached hydrogens (tertiary/aromatic N) is 2. The quantitative estimate of drug-likeness (QED) is 0.371. The Balaban J connectivity index is 1.38. The number of rotatable bonds is 10. The molecule has 0 fully saturated rings. The van der Waals surface area contributed by atoms with E-state index in [0.29, 0.717) is 42.9 Å². The Kier molecular flexibility index (Phi) is 8.40. The first-order chi connectivity index (χ1) is 17.4. The molecule has 0 aliphatic carbocycles. The van der Waals surface area contributed by atoms with Gasteiger partial charge in [-0.05, 0) is 54.8 Å². The first-order valence-corrected chi connectivity index (χ1v) is 14.2. The summed E-state index contributed by atoms with van der Waals surface area (Å²) in [6, 6.07) is 12.2. The highest BCUT2D eigenvalue weighted by Crippen LogP contribution is 2.35. The molecule has 190 valence electrons. The molecule has 2 aromatic carbocycles. The highest BCUT2D eigenvalue weighted by atomic mass is 32.2. The average molecular weight is 528 g/mol. The molecule has 0 spiro atoms. The molecule has 1 aliphatic heterocycles. The molecule has 0 unspecified atom stereocenters. The first kappa shape index (κ1) is 25.9. The molecule has 0 radical (unpaired) electrons. The number of sulfonamides is 1. The summed E-state index contributed by atoms with van der Waals surface area (Å²) in [5, 5.41) is 5.11. The number of aromatic nitrogens is 1. The van der Waals surface area contributed by atoms with E-state index in [4.69, 9.17) is 9.47 Å². The van der Waals surface area contributed by atoms with Gasteiger partial charge in [-0.3, -0.25) is 10.1 Å². The highest BCUT2D eigenvalue weighted by molar-refractivity contribution is 7.89. The minimum absolute atomic E-state index is 0.250. The molecule has 3 aromatic rings. The second kappa shape index (κ2) is 11.7. The fourth-order valence-electron chi connectivity index (χ4n) is 3.74. The van der Waals surface area contributed by atoms with Crippen molar-refractivity contribution in [1.82, 2.24) is 9.29 Å². The van der Waals surface area contributed by atoms with Crippen molar-refractivity contribution in [2.45, 2.75) is 31.6 Å². The zero-order valence-corrected chi connectivity index (χ0v) is 21.9. The van der Waals surface area contributed by atoms with E-state index in [9.17, 15) is 13.2 Å². The van der Waals surface area contributed by atoms with Crippen LogP contribution in [0.3, 0.4) is 0 Å². The molecule has 0 atom stereocenters. The van der Waals surface area contributed by atoms with Gasteiger partial charge in [-0.15, -0.1) is 11.3 Å². The molecule has 10 heteroatoms. The predicted molar refractivity (Wildman–Crippen MR) is 142 cm³/mol. The van der Waals surface area contributed by atoms with Gasteiger partial charge in [0.2, 0.25) is 15.9 Å². The van der Waals surface area contributed by atoms with Gasteiger partial charge in [-0.25, -0.2) is 13.4 Å². The summed E-state index contributed by atoms with van der Waals surface area (Å²) in [5.74, 6) is 1.07. The van der Waals surface area contributed by atoms with Gasteiger partial charge in [0.05, 0.1) is 10.6 Å². The van der Waals surface area contributed by atoms with Crippen molar-refractivity contribution >= 4 is 38.5 Å². The number of hydrogen-bond acceptors (Lipinski definition) is 7. The van der Waals surface area contributed by atoms with Crippen LogP contribution in [-0.2, 0) is 14.8 Å². The van der Waals surface area contributed by atoms with Crippen LogP contribution < -0.4 is 14.8 Å². The lowest BCUT2D eigenvalue weighted by molar-refractivity contribution is -0.111. The maximum atomic E-state index is 12.9. The summed E-state index contributed by atoms with van der Waals surface area (Å²) in [6.07, 6.45) is 4.55. The fourth-order valence-corrected chi connectivity index (χ4v) is 6.08. The SMILES string of the molecule is CCCN(CCC)S(=O)(=O)c1ccc(/C=C/C(=O)Nc2nc(-c3ccc4c(c3)OCCO4)cs2)cc1. The van der Waals surface area contributed by atoms with Crippen molar-refractivity contribution in [3.05, 3.63) is 59.5 Å². The van der Waals surface area contributed by atoms with Crippen LogP contribution in [0.4, 0.5) is 5.13 Å². The zero-order chi connectivity index (χ0) is 25.5. The van der Waals surface area contributed by atoms with E-state index < -0.39 is 10.0 Å². The summed E-state index contributed by atoms with van der Waals surface area (Å²) in [5.41, 5.74) is 2.32. The Morgan fingerprint density at radius 2 is 1.75 bits per heavy atom. The number of nitrogens with one attached hydrogen (secondary N) is 1. The van der Waals surface area contributed by atoms with Gasteiger partial charge in [0.1, 0.15) is 13.2 Å². The van der Waals surface area contributed by atoms with E-state index in [0.717, 1.165) is 29.7 Å². The molecular formula is C26H29N3O5S2. The molecule has 1 amide bonds. The van der Waals surface area contributed by atoms with Gasteiger partial charge in [0.25, 0.3) is 0 Å². The average Bonchev–Trinajstić information content (AvgIpc) is 3.35. The summed E-state index contributed by atoms with van der Waals surface area (Å²) in [6.45, 7) is 5.95. The Bertz CT molecular complexity index is 1330. The van der Waals surface area contributed by atoms with Crippen molar-refractivity contribution in [2.75, 3.05) is 31.6 Å². The van der Waals surface area contributed by atoms with Gasteiger partial charge in [-0.2, -0.15) is 4.31 Å². The number of hydrogen-bond donors (Lipinski definition) is 1. The summed E-state index contributed by atoms with van der Waals surface area (Å²) in [4.78, 5) is 17.2.